The van der Waals surface area contributed by atoms with E-state index < -0.39 is 4.92 Å². The van der Waals surface area contributed by atoms with E-state index in [4.69, 9.17) is 5.73 Å². The first-order valence-corrected chi connectivity index (χ1v) is 6.75. The second-order valence-electron chi connectivity index (χ2n) is 5.23. The van der Waals surface area contributed by atoms with Crippen LogP contribution in [0.3, 0.4) is 0 Å². The van der Waals surface area contributed by atoms with Crippen LogP contribution >= 0.6 is 0 Å². The molecule has 0 radical (unpaired) electrons. The zero-order valence-corrected chi connectivity index (χ0v) is 12.2. The van der Waals surface area contributed by atoms with E-state index in [0.29, 0.717) is 22.3 Å². The van der Waals surface area contributed by atoms with Gasteiger partial charge in [-0.3, -0.25) is 10.1 Å². The molecule has 3 aromatic rings. The molecule has 0 aliphatic rings. The zero-order valence-electron chi connectivity index (χ0n) is 12.2. The van der Waals surface area contributed by atoms with Gasteiger partial charge >= 0.3 is 0 Å². The van der Waals surface area contributed by atoms with Gasteiger partial charge < -0.3 is 5.73 Å². The highest BCUT2D eigenvalue weighted by Crippen LogP contribution is 2.33. The first-order chi connectivity index (χ1) is 10.5. The molecule has 0 amide bonds. The molecule has 3 rings (SSSR count). The fourth-order valence-corrected chi connectivity index (χ4v) is 2.37. The van der Waals surface area contributed by atoms with Crippen LogP contribution in [-0.4, -0.2) is 14.9 Å². The van der Waals surface area contributed by atoms with E-state index >= 15 is 0 Å². The summed E-state index contributed by atoms with van der Waals surface area (Å²) < 4.78 is 0. The number of hydrogen-bond donors (Lipinski definition) is 1. The molecule has 0 atom stereocenters. The summed E-state index contributed by atoms with van der Waals surface area (Å²) in [5.74, 6) is 0.185. The Hall–Kier alpha value is -3.02. The predicted octanol–water partition coefficient (Wildman–Crippen LogP) is 3.40. The molecule has 0 aliphatic heterocycles. The lowest BCUT2D eigenvalue weighted by Crippen LogP contribution is -2.01. The standard InChI is InChI=1S/C16H14N4O2/c1-9-4-6-14(20(21)22)11(7-9)15-16(17)19-12-5-3-10(2)8-13(12)18-15/h3-8H,1-2H3,(H2,17,19). The molecule has 0 aliphatic carbocycles. The SMILES string of the molecule is Cc1ccc([N+](=O)[O-])c(-c2nc3cc(C)ccc3nc2N)c1. The van der Waals surface area contributed by atoms with Gasteiger partial charge in [-0.25, -0.2) is 9.97 Å². The molecule has 0 saturated heterocycles. The van der Waals surface area contributed by atoms with Gasteiger partial charge in [0.2, 0.25) is 0 Å². The Morgan fingerprint density at radius 1 is 1.00 bits per heavy atom. The van der Waals surface area contributed by atoms with Crippen molar-refractivity contribution in [2.75, 3.05) is 5.73 Å². The number of benzene rings is 2. The Morgan fingerprint density at radius 2 is 1.68 bits per heavy atom. The molecule has 2 N–H and O–H groups in total. The van der Waals surface area contributed by atoms with Gasteiger partial charge in [-0.2, -0.15) is 0 Å². The molecule has 1 heterocycles. The first-order valence-electron chi connectivity index (χ1n) is 6.75. The van der Waals surface area contributed by atoms with Crippen molar-refractivity contribution in [2.24, 2.45) is 0 Å². The quantitative estimate of drug-likeness (QED) is 0.577. The number of hydrogen-bond acceptors (Lipinski definition) is 5. The number of nitrogens with two attached hydrogens (primary N) is 1. The number of nitrogens with zero attached hydrogens (tertiary/aromatic N) is 3. The van der Waals surface area contributed by atoms with Crippen LogP contribution in [0.1, 0.15) is 11.1 Å². The van der Waals surface area contributed by atoms with Crippen molar-refractivity contribution in [3.05, 3.63) is 57.6 Å². The lowest BCUT2D eigenvalue weighted by atomic mass is 10.1. The third-order valence-electron chi connectivity index (χ3n) is 3.45. The summed E-state index contributed by atoms with van der Waals surface area (Å²) in [4.78, 5) is 19.6. The van der Waals surface area contributed by atoms with Gasteiger partial charge in [0.15, 0.2) is 5.82 Å². The molecule has 2 aromatic carbocycles. The van der Waals surface area contributed by atoms with E-state index in [1.807, 2.05) is 32.0 Å². The normalized spacial score (nSPS) is 10.8. The molecule has 110 valence electrons. The van der Waals surface area contributed by atoms with Gasteiger partial charge in [-0.05, 0) is 43.2 Å². The van der Waals surface area contributed by atoms with Gasteiger partial charge in [-0.15, -0.1) is 0 Å². The van der Waals surface area contributed by atoms with Crippen LogP contribution in [0.25, 0.3) is 22.3 Å². The summed E-state index contributed by atoms with van der Waals surface area (Å²) in [5, 5.41) is 11.3. The Balaban J connectivity index is 2.32. The molecule has 0 saturated carbocycles. The van der Waals surface area contributed by atoms with Gasteiger partial charge in [0.25, 0.3) is 5.69 Å². The molecule has 0 spiro atoms. The topological polar surface area (TPSA) is 94.9 Å². The van der Waals surface area contributed by atoms with E-state index in [9.17, 15) is 10.1 Å². The van der Waals surface area contributed by atoms with Crippen molar-refractivity contribution >= 4 is 22.5 Å². The lowest BCUT2D eigenvalue weighted by Gasteiger charge is -2.08. The van der Waals surface area contributed by atoms with Crippen LogP contribution in [0.2, 0.25) is 0 Å². The van der Waals surface area contributed by atoms with Crippen molar-refractivity contribution in [2.45, 2.75) is 13.8 Å². The maximum Gasteiger partial charge on any atom is 0.278 e. The van der Waals surface area contributed by atoms with E-state index in [1.165, 1.54) is 6.07 Å². The monoisotopic (exact) mass is 294 g/mol. The van der Waals surface area contributed by atoms with Crippen LogP contribution < -0.4 is 5.73 Å². The van der Waals surface area contributed by atoms with Crippen LogP contribution in [0.4, 0.5) is 11.5 Å². The Morgan fingerprint density at radius 3 is 2.41 bits per heavy atom. The van der Waals surface area contributed by atoms with E-state index in [2.05, 4.69) is 9.97 Å². The highest BCUT2D eigenvalue weighted by molar-refractivity contribution is 5.85. The van der Waals surface area contributed by atoms with Crippen molar-refractivity contribution in [3.63, 3.8) is 0 Å². The number of rotatable bonds is 2. The molecule has 1 aromatic heterocycles. The number of nitro benzene ring substituents is 1. The number of aromatic nitrogens is 2. The molecule has 6 heteroatoms. The molecule has 0 bridgehead atoms. The average Bonchev–Trinajstić information content (AvgIpc) is 2.46. The van der Waals surface area contributed by atoms with Gasteiger partial charge in [0.1, 0.15) is 5.69 Å². The van der Waals surface area contributed by atoms with Crippen molar-refractivity contribution < 1.29 is 4.92 Å². The van der Waals surface area contributed by atoms with Crippen LogP contribution in [0.5, 0.6) is 0 Å². The summed E-state index contributed by atoms with van der Waals surface area (Å²) in [5.41, 5.74) is 9.95. The third-order valence-corrected chi connectivity index (χ3v) is 3.45. The highest BCUT2D eigenvalue weighted by atomic mass is 16.6. The van der Waals surface area contributed by atoms with Crippen LogP contribution in [0.15, 0.2) is 36.4 Å². The third kappa shape index (κ3) is 2.35. The summed E-state index contributed by atoms with van der Waals surface area (Å²) >= 11 is 0. The Labute approximate surface area is 126 Å². The maximum absolute atomic E-state index is 11.3. The largest absolute Gasteiger partial charge is 0.382 e. The number of nitro groups is 1. The predicted molar refractivity (Wildman–Crippen MR) is 85.5 cm³/mol. The summed E-state index contributed by atoms with van der Waals surface area (Å²) in [6.45, 7) is 3.81. The maximum atomic E-state index is 11.3. The summed E-state index contributed by atoms with van der Waals surface area (Å²) in [6.07, 6.45) is 0. The molecular formula is C16H14N4O2. The molecule has 0 fully saturated rings. The van der Waals surface area contributed by atoms with E-state index in [1.54, 1.807) is 12.1 Å². The molecular weight excluding hydrogens is 280 g/mol. The van der Waals surface area contributed by atoms with Crippen molar-refractivity contribution in [1.82, 2.24) is 9.97 Å². The summed E-state index contributed by atoms with van der Waals surface area (Å²) in [6, 6.07) is 10.5. The molecule has 0 unspecified atom stereocenters. The number of anilines is 1. The van der Waals surface area contributed by atoms with Crippen molar-refractivity contribution in [3.8, 4) is 11.3 Å². The number of aryl methyl sites for hydroxylation is 2. The van der Waals surface area contributed by atoms with Gasteiger partial charge in [-0.1, -0.05) is 12.1 Å². The average molecular weight is 294 g/mol. The zero-order chi connectivity index (χ0) is 15.9. The smallest absolute Gasteiger partial charge is 0.278 e. The molecule has 22 heavy (non-hydrogen) atoms. The minimum absolute atomic E-state index is 0.0291. The number of fused-ring (bicyclic) bond motifs is 1. The lowest BCUT2D eigenvalue weighted by molar-refractivity contribution is -0.384. The minimum Gasteiger partial charge on any atom is -0.382 e. The Kier molecular flexibility index (Phi) is 3.21. The van der Waals surface area contributed by atoms with Gasteiger partial charge in [0.05, 0.1) is 21.5 Å². The van der Waals surface area contributed by atoms with Gasteiger partial charge in [0, 0.05) is 6.07 Å². The second-order valence-corrected chi connectivity index (χ2v) is 5.23. The van der Waals surface area contributed by atoms with Crippen LogP contribution in [0, 0.1) is 24.0 Å². The highest BCUT2D eigenvalue weighted by Gasteiger charge is 2.19. The van der Waals surface area contributed by atoms with Crippen molar-refractivity contribution in [1.29, 1.82) is 0 Å². The molecule has 6 nitrogen and oxygen atoms in total. The second kappa shape index (κ2) is 5.07. The Bertz CT molecular complexity index is 906. The van der Waals surface area contributed by atoms with E-state index in [-0.39, 0.29) is 11.5 Å². The fourth-order valence-electron chi connectivity index (χ4n) is 2.37. The summed E-state index contributed by atoms with van der Waals surface area (Å²) in [7, 11) is 0. The number of nitrogen functional groups attached to an aromatic ring is 1. The minimum atomic E-state index is -0.434. The first kappa shape index (κ1) is 13.9. The fraction of sp³-hybridized carbons (Fsp3) is 0.125. The van der Waals surface area contributed by atoms with Crippen LogP contribution in [-0.2, 0) is 0 Å². The van der Waals surface area contributed by atoms with E-state index in [0.717, 1.165) is 11.1 Å².